The SMILES string of the molecule is COc1cccc(NC(=O)CN(C)C(=O)CCN2C(=O)[C@H]3CC=CC[C@H]3C2=O)c1. The van der Waals surface area contributed by atoms with E-state index in [0.29, 0.717) is 24.3 Å². The van der Waals surface area contributed by atoms with Crippen LogP contribution in [0.2, 0.25) is 0 Å². The maximum atomic E-state index is 12.4. The lowest BCUT2D eigenvalue weighted by molar-refractivity contribution is -0.141. The summed E-state index contributed by atoms with van der Waals surface area (Å²) in [6.45, 7) is -0.0849. The van der Waals surface area contributed by atoms with E-state index in [-0.39, 0.29) is 55.0 Å². The first-order valence-electron chi connectivity index (χ1n) is 9.58. The number of carbonyl (C=O) groups excluding carboxylic acids is 4. The zero-order valence-corrected chi connectivity index (χ0v) is 16.6. The van der Waals surface area contributed by atoms with Gasteiger partial charge in [-0.2, -0.15) is 0 Å². The van der Waals surface area contributed by atoms with Crippen molar-refractivity contribution >= 4 is 29.3 Å². The van der Waals surface area contributed by atoms with E-state index in [2.05, 4.69) is 5.32 Å². The molecule has 3 rings (SSSR count). The topological polar surface area (TPSA) is 96.0 Å². The number of ether oxygens (including phenoxy) is 1. The molecule has 1 aromatic rings. The van der Waals surface area contributed by atoms with Gasteiger partial charge in [0.25, 0.3) is 0 Å². The summed E-state index contributed by atoms with van der Waals surface area (Å²) in [4.78, 5) is 51.9. The average molecular weight is 399 g/mol. The van der Waals surface area contributed by atoms with Gasteiger partial charge in [-0.1, -0.05) is 18.2 Å². The van der Waals surface area contributed by atoms with Gasteiger partial charge in [0, 0.05) is 31.8 Å². The molecule has 0 radical (unpaired) electrons. The summed E-state index contributed by atoms with van der Waals surface area (Å²) >= 11 is 0. The highest BCUT2D eigenvalue weighted by Gasteiger charge is 2.46. The number of hydrogen-bond donors (Lipinski definition) is 1. The quantitative estimate of drug-likeness (QED) is 0.553. The smallest absolute Gasteiger partial charge is 0.243 e. The monoisotopic (exact) mass is 399 g/mol. The number of nitrogens with zero attached hydrogens (tertiary/aromatic N) is 2. The lowest BCUT2D eigenvalue weighted by Crippen LogP contribution is -2.38. The van der Waals surface area contributed by atoms with Crippen molar-refractivity contribution in [3.05, 3.63) is 36.4 Å². The normalized spacial score (nSPS) is 20.4. The largest absolute Gasteiger partial charge is 0.497 e. The zero-order valence-electron chi connectivity index (χ0n) is 16.6. The Morgan fingerprint density at radius 2 is 1.83 bits per heavy atom. The highest BCUT2D eigenvalue weighted by Crippen LogP contribution is 2.35. The van der Waals surface area contributed by atoms with Gasteiger partial charge in [-0.15, -0.1) is 0 Å². The van der Waals surface area contributed by atoms with Gasteiger partial charge in [-0.25, -0.2) is 0 Å². The summed E-state index contributed by atoms with van der Waals surface area (Å²) in [7, 11) is 3.06. The van der Waals surface area contributed by atoms with Crippen LogP contribution in [-0.4, -0.2) is 60.7 Å². The van der Waals surface area contributed by atoms with Crippen molar-refractivity contribution in [3.63, 3.8) is 0 Å². The number of carbonyl (C=O) groups is 4. The third-order valence-electron chi connectivity index (χ3n) is 5.31. The van der Waals surface area contributed by atoms with E-state index in [1.165, 1.54) is 24.0 Å². The number of nitrogens with one attached hydrogen (secondary N) is 1. The number of imide groups is 1. The van der Waals surface area contributed by atoms with Crippen molar-refractivity contribution < 1.29 is 23.9 Å². The molecule has 1 saturated heterocycles. The number of rotatable bonds is 7. The minimum atomic E-state index is -0.348. The third kappa shape index (κ3) is 4.64. The van der Waals surface area contributed by atoms with Crippen LogP contribution in [0.4, 0.5) is 5.69 Å². The molecule has 8 nitrogen and oxygen atoms in total. The number of allylic oxidation sites excluding steroid dienone is 2. The first-order valence-corrected chi connectivity index (χ1v) is 9.58. The molecule has 0 aromatic heterocycles. The molecule has 1 aromatic carbocycles. The summed E-state index contributed by atoms with van der Waals surface area (Å²) in [5.41, 5.74) is 0.569. The zero-order chi connectivity index (χ0) is 21.0. The summed E-state index contributed by atoms with van der Waals surface area (Å²) in [5, 5.41) is 2.71. The van der Waals surface area contributed by atoms with Crippen LogP contribution in [0.1, 0.15) is 19.3 Å². The standard InChI is InChI=1S/C21H25N3O5/c1-23(13-18(25)22-14-6-5-7-15(12-14)29-2)19(26)10-11-24-20(27)16-8-3-4-9-17(16)21(24)28/h3-7,12,16-17H,8-11,13H2,1-2H3,(H,22,25)/t16-,17+. The third-order valence-corrected chi connectivity index (χ3v) is 5.31. The average Bonchev–Trinajstić information content (AvgIpc) is 2.96. The second kappa shape index (κ2) is 8.89. The Morgan fingerprint density at radius 1 is 1.17 bits per heavy atom. The minimum Gasteiger partial charge on any atom is -0.497 e. The van der Waals surface area contributed by atoms with Gasteiger partial charge in [-0.3, -0.25) is 24.1 Å². The van der Waals surface area contributed by atoms with Crippen LogP contribution < -0.4 is 10.1 Å². The molecule has 4 amide bonds. The highest BCUT2D eigenvalue weighted by atomic mass is 16.5. The molecule has 1 aliphatic carbocycles. The van der Waals surface area contributed by atoms with Crippen LogP contribution in [0.3, 0.4) is 0 Å². The van der Waals surface area contributed by atoms with E-state index >= 15 is 0 Å². The molecule has 8 heteroatoms. The Morgan fingerprint density at radius 3 is 2.45 bits per heavy atom. The Bertz CT molecular complexity index is 824. The first kappa shape index (κ1) is 20.6. The number of methoxy groups -OCH3 is 1. The van der Waals surface area contributed by atoms with Crippen molar-refractivity contribution in [3.8, 4) is 5.75 Å². The molecule has 154 valence electrons. The van der Waals surface area contributed by atoms with Crippen LogP contribution in [0, 0.1) is 11.8 Å². The lowest BCUT2D eigenvalue weighted by Gasteiger charge is -2.19. The Balaban J connectivity index is 1.48. The number of benzene rings is 1. The number of amides is 4. The van der Waals surface area contributed by atoms with Crippen molar-refractivity contribution in [2.24, 2.45) is 11.8 Å². The molecule has 0 bridgehead atoms. The molecular formula is C21H25N3O5. The number of likely N-dealkylation sites (N-methyl/N-ethyl adjacent to an activating group) is 1. The minimum absolute atomic E-state index is 0.00666. The van der Waals surface area contributed by atoms with E-state index in [9.17, 15) is 19.2 Å². The molecule has 2 aliphatic rings. The Hall–Kier alpha value is -3.16. The predicted octanol–water partition coefficient (Wildman–Crippen LogP) is 1.43. The first-order chi connectivity index (χ1) is 13.9. The van der Waals surface area contributed by atoms with Gasteiger partial charge < -0.3 is 15.0 Å². The second-order valence-electron chi connectivity index (χ2n) is 7.26. The van der Waals surface area contributed by atoms with Crippen LogP contribution in [0.25, 0.3) is 0 Å². The van der Waals surface area contributed by atoms with Crippen molar-refractivity contribution in [2.75, 3.05) is 32.6 Å². The molecule has 2 atom stereocenters. The number of fused-ring (bicyclic) bond motifs is 1. The molecular weight excluding hydrogens is 374 g/mol. The van der Waals surface area contributed by atoms with Crippen LogP contribution in [-0.2, 0) is 19.2 Å². The van der Waals surface area contributed by atoms with Crippen molar-refractivity contribution in [1.82, 2.24) is 9.80 Å². The number of likely N-dealkylation sites (tertiary alicyclic amines) is 1. The van der Waals surface area contributed by atoms with Crippen LogP contribution >= 0.6 is 0 Å². The van der Waals surface area contributed by atoms with Gasteiger partial charge in [0.05, 0.1) is 25.5 Å². The molecule has 0 saturated carbocycles. The second-order valence-corrected chi connectivity index (χ2v) is 7.26. The van der Waals surface area contributed by atoms with Gasteiger partial charge in [0.1, 0.15) is 5.75 Å². The van der Waals surface area contributed by atoms with Gasteiger partial charge in [-0.05, 0) is 25.0 Å². The van der Waals surface area contributed by atoms with E-state index < -0.39 is 0 Å². The molecule has 1 aliphatic heterocycles. The summed E-state index contributed by atoms with van der Waals surface area (Å²) in [5.74, 6) is -1.03. The molecule has 1 fully saturated rings. The fourth-order valence-electron chi connectivity index (χ4n) is 3.69. The van der Waals surface area contributed by atoms with Gasteiger partial charge >= 0.3 is 0 Å². The van der Waals surface area contributed by atoms with Crippen LogP contribution in [0.15, 0.2) is 36.4 Å². The molecule has 29 heavy (non-hydrogen) atoms. The maximum absolute atomic E-state index is 12.4. The lowest BCUT2D eigenvalue weighted by atomic mass is 9.85. The van der Waals surface area contributed by atoms with Gasteiger partial charge in [0.15, 0.2) is 0 Å². The molecule has 1 heterocycles. The summed E-state index contributed by atoms with van der Waals surface area (Å²) < 4.78 is 5.11. The maximum Gasteiger partial charge on any atom is 0.243 e. The fourth-order valence-corrected chi connectivity index (χ4v) is 3.69. The molecule has 0 unspecified atom stereocenters. The Labute approximate surface area is 169 Å². The van der Waals surface area contributed by atoms with Crippen LogP contribution in [0.5, 0.6) is 5.75 Å². The van der Waals surface area contributed by atoms with E-state index in [1.807, 2.05) is 12.2 Å². The fraction of sp³-hybridized carbons (Fsp3) is 0.429. The Kier molecular flexibility index (Phi) is 6.31. The predicted molar refractivity (Wildman–Crippen MR) is 106 cm³/mol. The highest BCUT2D eigenvalue weighted by molar-refractivity contribution is 6.05. The van der Waals surface area contributed by atoms with Gasteiger partial charge in [0.2, 0.25) is 23.6 Å². The van der Waals surface area contributed by atoms with E-state index in [0.717, 1.165) is 0 Å². The van der Waals surface area contributed by atoms with Crippen molar-refractivity contribution in [1.29, 1.82) is 0 Å². The number of hydrogen-bond acceptors (Lipinski definition) is 5. The van der Waals surface area contributed by atoms with E-state index in [4.69, 9.17) is 4.74 Å². The summed E-state index contributed by atoms with van der Waals surface area (Å²) in [6, 6.07) is 6.92. The molecule has 0 spiro atoms. The molecule has 1 N–H and O–H groups in total. The number of anilines is 1. The summed E-state index contributed by atoms with van der Waals surface area (Å²) in [6.07, 6.45) is 4.99. The van der Waals surface area contributed by atoms with E-state index in [1.54, 1.807) is 24.3 Å². The van der Waals surface area contributed by atoms with Crippen molar-refractivity contribution in [2.45, 2.75) is 19.3 Å².